The third-order valence-electron chi connectivity index (χ3n) is 5.03. The number of amides is 1. The Morgan fingerprint density at radius 2 is 1.83 bits per heavy atom. The lowest BCUT2D eigenvalue weighted by atomic mass is 9.82. The van der Waals surface area contributed by atoms with Gasteiger partial charge in [-0.05, 0) is 32.1 Å². The molecule has 0 aromatic rings. The van der Waals surface area contributed by atoms with Crippen LogP contribution in [-0.4, -0.2) is 40.3 Å². The van der Waals surface area contributed by atoms with Gasteiger partial charge in [-0.3, -0.25) is 14.4 Å². The van der Waals surface area contributed by atoms with Crippen LogP contribution in [0.15, 0.2) is 0 Å². The summed E-state index contributed by atoms with van der Waals surface area (Å²) in [6.45, 7) is 6.53. The minimum atomic E-state index is -0.779. The van der Waals surface area contributed by atoms with E-state index in [1.807, 2.05) is 13.8 Å². The number of hydrogen-bond acceptors (Lipinski definition) is 3. The van der Waals surface area contributed by atoms with Crippen molar-refractivity contribution < 1.29 is 19.5 Å². The first kappa shape index (κ1) is 20.7. The van der Waals surface area contributed by atoms with Crippen LogP contribution in [0.2, 0.25) is 0 Å². The quantitative estimate of drug-likeness (QED) is 0.459. The molecule has 1 amide bonds. The molecule has 1 rings (SSSR count). The maximum absolute atomic E-state index is 12.7. The van der Waals surface area contributed by atoms with E-state index in [4.69, 9.17) is 5.11 Å². The van der Waals surface area contributed by atoms with Crippen LogP contribution in [0.25, 0.3) is 0 Å². The minimum absolute atomic E-state index is 0.0988. The van der Waals surface area contributed by atoms with Gasteiger partial charge in [0.1, 0.15) is 0 Å². The molecular weight excluding hydrogens is 306 g/mol. The van der Waals surface area contributed by atoms with Gasteiger partial charge in [0.15, 0.2) is 0 Å². The number of carboxylic acids is 1. The van der Waals surface area contributed by atoms with Crippen molar-refractivity contribution in [2.24, 2.45) is 5.41 Å². The number of likely N-dealkylation sites (tertiary alicyclic amines) is 1. The van der Waals surface area contributed by atoms with Gasteiger partial charge in [-0.15, -0.1) is 0 Å². The largest absolute Gasteiger partial charge is 0.481 e. The van der Waals surface area contributed by atoms with Crippen LogP contribution in [0.4, 0.5) is 0 Å². The van der Waals surface area contributed by atoms with E-state index in [0.717, 1.165) is 51.4 Å². The summed E-state index contributed by atoms with van der Waals surface area (Å²) in [5, 5.41) is 8.69. The summed E-state index contributed by atoms with van der Waals surface area (Å²) in [5.41, 5.74) is -0.595. The Hall–Kier alpha value is -1.39. The minimum Gasteiger partial charge on any atom is -0.481 e. The van der Waals surface area contributed by atoms with Crippen LogP contribution in [0, 0.1) is 5.41 Å². The summed E-state index contributed by atoms with van der Waals surface area (Å²) in [6.07, 6.45) is 8.14. The van der Waals surface area contributed by atoms with Gasteiger partial charge < -0.3 is 10.0 Å². The third-order valence-corrected chi connectivity index (χ3v) is 5.03. The Labute approximate surface area is 145 Å². The molecule has 0 spiro atoms. The van der Waals surface area contributed by atoms with Crippen molar-refractivity contribution >= 4 is 17.7 Å². The van der Waals surface area contributed by atoms with Gasteiger partial charge in [-0.25, -0.2) is 0 Å². The number of carboxylic acid groups (broad SMARTS) is 1. The average Bonchev–Trinajstić information content (AvgIpc) is 2.98. The van der Waals surface area contributed by atoms with E-state index in [9.17, 15) is 14.4 Å². The second-order valence-electron chi connectivity index (χ2n) is 7.60. The maximum atomic E-state index is 12.7. The van der Waals surface area contributed by atoms with Crippen LogP contribution < -0.4 is 0 Å². The first-order valence-electron chi connectivity index (χ1n) is 9.36. The molecule has 1 fully saturated rings. The molecule has 0 saturated carbocycles. The zero-order valence-corrected chi connectivity index (χ0v) is 15.5. The predicted molar refractivity (Wildman–Crippen MR) is 93.8 cm³/mol. The Morgan fingerprint density at radius 1 is 1.12 bits per heavy atom. The van der Waals surface area contributed by atoms with Crippen molar-refractivity contribution in [3.05, 3.63) is 0 Å². The molecule has 24 heavy (non-hydrogen) atoms. The predicted octanol–water partition coefficient (Wildman–Crippen LogP) is 3.80. The topological polar surface area (TPSA) is 74.7 Å². The van der Waals surface area contributed by atoms with Gasteiger partial charge in [-0.2, -0.15) is 0 Å². The van der Waals surface area contributed by atoms with E-state index >= 15 is 0 Å². The molecule has 0 bridgehead atoms. The van der Waals surface area contributed by atoms with Crippen LogP contribution in [0.5, 0.6) is 0 Å². The lowest BCUT2D eigenvalue weighted by molar-refractivity contribution is -0.150. The van der Waals surface area contributed by atoms with E-state index in [0.29, 0.717) is 13.0 Å². The number of carbonyl (C=O) groups excluding carboxylic acids is 2. The summed E-state index contributed by atoms with van der Waals surface area (Å²) in [5.74, 6) is -1.38. The second-order valence-corrected chi connectivity index (χ2v) is 7.60. The molecule has 0 aromatic heterocycles. The highest BCUT2D eigenvalue weighted by molar-refractivity contribution is 6.38. The summed E-state index contributed by atoms with van der Waals surface area (Å²) < 4.78 is 0. The molecule has 5 nitrogen and oxygen atoms in total. The monoisotopic (exact) mass is 339 g/mol. The number of aliphatic carboxylic acids is 1. The van der Waals surface area contributed by atoms with Crippen LogP contribution in [-0.2, 0) is 14.4 Å². The standard InChI is InChI=1S/C19H33NO4/c1-4-5-8-13-19(2,3)17(23)18(24)20-14-9-11-15(20)10-6-7-12-16(21)22/h15H,4-14H2,1-3H3,(H,21,22)/t15-/m0/s1. The molecule has 1 aliphatic heterocycles. The van der Waals surface area contributed by atoms with Gasteiger partial charge in [-0.1, -0.05) is 46.5 Å². The van der Waals surface area contributed by atoms with Crippen LogP contribution in [0.1, 0.15) is 85.0 Å². The summed E-state index contributed by atoms with van der Waals surface area (Å²) in [7, 11) is 0. The summed E-state index contributed by atoms with van der Waals surface area (Å²) >= 11 is 0. The zero-order valence-electron chi connectivity index (χ0n) is 15.5. The highest BCUT2D eigenvalue weighted by Crippen LogP contribution is 2.29. The third kappa shape index (κ3) is 6.25. The number of carbonyl (C=O) groups is 3. The van der Waals surface area contributed by atoms with Gasteiger partial charge in [0.05, 0.1) is 0 Å². The molecular formula is C19H33NO4. The summed E-state index contributed by atoms with van der Waals surface area (Å²) in [6, 6.07) is 0.0988. The maximum Gasteiger partial charge on any atom is 0.303 e. The molecule has 5 heteroatoms. The van der Waals surface area contributed by atoms with Crippen molar-refractivity contribution in [3.63, 3.8) is 0 Å². The molecule has 138 valence electrons. The fourth-order valence-electron chi connectivity index (χ4n) is 3.41. The molecule has 0 aliphatic carbocycles. The van der Waals surface area contributed by atoms with Gasteiger partial charge >= 0.3 is 5.97 Å². The molecule has 1 aliphatic rings. The van der Waals surface area contributed by atoms with Crippen molar-refractivity contribution in [2.45, 2.75) is 91.0 Å². The first-order chi connectivity index (χ1) is 11.3. The lowest BCUT2D eigenvalue weighted by Gasteiger charge is -2.29. The molecule has 0 aromatic carbocycles. The fourth-order valence-corrected chi connectivity index (χ4v) is 3.41. The zero-order chi connectivity index (χ0) is 18.2. The number of Topliss-reactive ketones (excluding diaryl/α,β-unsaturated/α-hetero) is 1. The van der Waals surface area contributed by atoms with Crippen molar-refractivity contribution in [3.8, 4) is 0 Å². The van der Waals surface area contributed by atoms with Gasteiger partial charge in [0.25, 0.3) is 5.91 Å². The smallest absolute Gasteiger partial charge is 0.303 e. The highest BCUT2D eigenvalue weighted by atomic mass is 16.4. The number of ketones is 1. The Balaban J connectivity index is 2.54. The number of hydrogen-bond donors (Lipinski definition) is 1. The molecule has 1 atom stereocenters. The summed E-state index contributed by atoms with van der Waals surface area (Å²) in [4.78, 5) is 37.6. The SMILES string of the molecule is CCCCCC(C)(C)C(=O)C(=O)N1CCC[C@@H]1CCCCC(=O)O. The van der Waals surface area contributed by atoms with E-state index in [1.54, 1.807) is 4.90 Å². The highest BCUT2D eigenvalue weighted by Gasteiger charge is 2.38. The van der Waals surface area contributed by atoms with Crippen molar-refractivity contribution in [1.29, 1.82) is 0 Å². The Morgan fingerprint density at radius 3 is 2.46 bits per heavy atom. The molecule has 0 unspecified atom stereocenters. The van der Waals surface area contributed by atoms with Crippen molar-refractivity contribution in [1.82, 2.24) is 4.90 Å². The Kier molecular flexibility index (Phi) is 8.43. The molecule has 1 N–H and O–H groups in total. The van der Waals surface area contributed by atoms with Crippen LogP contribution >= 0.6 is 0 Å². The van der Waals surface area contributed by atoms with E-state index < -0.39 is 11.4 Å². The Bertz CT molecular complexity index is 445. The number of nitrogens with zero attached hydrogens (tertiary/aromatic N) is 1. The molecule has 1 heterocycles. The van der Waals surface area contributed by atoms with Gasteiger partial charge in [0, 0.05) is 24.4 Å². The van der Waals surface area contributed by atoms with Crippen LogP contribution in [0.3, 0.4) is 0 Å². The molecule has 1 saturated heterocycles. The van der Waals surface area contributed by atoms with Gasteiger partial charge in [0.2, 0.25) is 5.78 Å². The number of unbranched alkanes of at least 4 members (excludes halogenated alkanes) is 3. The van der Waals surface area contributed by atoms with E-state index in [-0.39, 0.29) is 24.2 Å². The lowest BCUT2D eigenvalue weighted by Crippen LogP contribution is -2.45. The average molecular weight is 339 g/mol. The first-order valence-corrected chi connectivity index (χ1v) is 9.36. The second kappa shape index (κ2) is 9.80. The number of rotatable bonds is 11. The normalized spacial score (nSPS) is 18.0. The van der Waals surface area contributed by atoms with Crippen molar-refractivity contribution in [2.75, 3.05) is 6.54 Å². The fraction of sp³-hybridized carbons (Fsp3) is 0.842. The van der Waals surface area contributed by atoms with E-state index in [2.05, 4.69) is 6.92 Å². The van der Waals surface area contributed by atoms with E-state index in [1.165, 1.54) is 0 Å². The molecule has 0 radical (unpaired) electrons.